The lowest BCUT2D eigenvalue weighted by molar-refractivity contribution is -0.0781. The van der Waals surface area contributed by atoms with E-state index < -0.39 is 0 Å². The maximum atomic E-state index is 5.58. The van der Waals surface area contributed by atoms with Crippen LogP contribution in [0.2, 0.25) is 0 Å². The van der Waals surface area contributed by atoms with E-state index in [1.165, 1.54) is 13.1 Å². The average Bonchev–Trinajstić information content (AvgIpc) is 2.32. The van der Waals surface area contributed by atoms with Crippen molar-refractivity contribution >= 4 is 0 Å². The molecule has 0 atom stereocenters. The number of nitrogens with zero attached hydrogens (tertiary/aromatic N) is 1. The van der Waals surface area contributed by atoms with Crippen LogP contribution in [0.25, 0.3) is 0 Å². The van der Waals surface area contributed by atoms with Gasteiger partial charge in [-0.15, -0.1) is 0 Å². The van der Waals surface area contributed by atoms with Crippen LogP contribution in [0.4, 0.5) is 0 Å². The van der Waals surface area contributed by atoms with Gasteiger partial charge in [0.15, 0.2) is 0 Å². The van der Waals surface area contributed by atoms with Gasteiger partial charge < -0.3 is 19.1 Å². The Labute approximate surface area is 116 Å². The minimum atomic E-state index is 0.341. The Hall–Kier alpha value is -0.600. The summed E-state index contributed by atoms with van der Waals surface area (Å²) in [5.41, 5.74) is 0. The Morgan fingerprint density at radius 1 is 1.11 bits per heavy atom. The van der Waals surface area contributed by atoms with Crippen LogP contribution in [-0.2, 0) is 14.2 Å². The number of likely N-dealkylation sites (tertiary alicyclic amines) is 1. The molecule has 0 aromatic carbocycles. The standard InChI is InChI=1S/C15H25NO3/c1-13-11-16(12-13)5-8-18-6-3-4-7-19-15-9-14(10-15)17-2/h13-15H,5-12H2,1-2H3. The van der Waals surface area contributed by atoms with Crippen molar-refractivity contribution in [3.05, 3.63) is 0 Å². The summed E-state index contributed by atoms with van der Waals surface area (Å²) >= 11 is 0. The lowest BCUT2D eigenvalue weighted by Gasteiger charge is -2.36. The van der Waals surface area contributed by atoms with Crippen molar-refractivity contribution in [2.24, 2.45) is 5.92 Å². The summed E-state index contributed by atoms with van der Waals surface area (Å²) in [4.78, 5) is 2.41. The predicted molar refractivity (Wildman–Crippen MR) is 74.0 cm³/mol. The summed E-state index contributed by atoms with van der Waals surface area (Å²) in [6.45, 7) is 7.54. The summed E-state index contributed by atoms with van der Waals surface area (Å²) in [5, 5.41) is 0. The largest absolute Gasteiger partial charge is 0.381 e. The first-order chi connectivity index (χ1) is 9.28. The molecule has 0 aromatic rings. The van der Waals surface area contributed by atoms with Gasteiger partial charge in [0.25, 0.3) is 0 Å². The van der Waals surface area contributed by atoms with Gasteiger partial charge in [-0.3, -0.25) is 0 Å². The molecule has 2 rings (SSSR count). The van der Waals surface area contributed by atoms with Crippen molar-refractivity contribution in [2.45, 2.75) is 32.0 Å². The minimum absolute atomic E-state index is 0.341. The highest BCUT2D eigenvalue weighted by Crippen LogP contribution is 2.25. The predicted octanol–water partition coefficient (Wildman–Crippen LogP) is 1.15. The first-order valence-corrected chi connectivity index (χ1v) is 7.18. The van der Waals surface area contributed by atoms with Gasteiger partial charge in [0.1, 0.15) is 13.2 Å². The lowest BCUT2D eigenvalue weighted by atomic mass is 9.92. The van der Waals surface area contributed by atoms with Crippen molar-refractivity contribution in [2.75, 3.05) is 46.6 Å². The zero-order valence-corrected chi connectivity index (χ0v) is 12.1. The fraction of sp³-hybridized carbons (Fsp3) is 0.867. The number of methoxy groups -OCH3 is 1. The molecule has 19 heavy (non-hydrogen) atoms. The van der Waals surface area contributed by atoms with Crippen molar-refractivity contribution in [3.63, 3.8) is 0 Å². The molecule has 1 aliphatic carbocycles. The van der Waals surface area contributed by atoms with E-state index in [2.05, 4.69) is 23.7 Å². The van der Waals surface area contributed by atoms with Crippen LogP contribution in [-0.4, -0.2) is 63.7 Å². The van der Waals surface area contributed by atoms with Crippen molar-refractivity contribution in [3.8, 4) is 11.8 Å². The molecule has 0 radical (unpaired) electrons. The third-order valence-corrected chi connectivity index (χ3v) is 3.77. The fourth-order valence-corrected chi connectivity index (χ4v) is 2.44. The minimum Gasteiger partial charge on any atom is -0.381 e. The normalized spacial score (nSPS) is 27.3. The maximum absolute atomic E-state index is 5.58. The monoisotopic (exact) mass is 267 g/mol. The van der Waals surface area contributed by atoms with Crippen molar-refractivity contribution < 1.29 is 14.2 Å². The molecule has 0 bridgehead atoms. The van der Waals surface area contributed by atoms with Gasteiger partial charge >= 0.3 is 0 Å². The number of rotatable bonds is 7. The highest BCUT2D eigenvalue weighted by atomic mass is 16.5. The van der Waals surface area contributed by atoms with E-state index in [0.29, 0.717) is 25.4 Å². The van der Waals surface area contributed by atoms with Gasteiger partial charge in [0.05, 0.1) is 18.8 Å². The molecule has 1 saturated carbocycles. The number of hydrogen-bond acceptors (Lipinski definition) is 4. The second-order valence-corrected chi connectivity index (χ2v) is 5.53. The molecule has 0 unspecified atom stereocenters. The van der Waals surface area contributed by atoms with E-state index in [4.69, 9.17) is 14.2 Å². The van der Waals surface area contributed by atoms with E-state index in [-0.39, 0.29) is 0 Å². The van der Waals surface area contributed by atoms with E-state index in [9.17, 15) is 0 Å². The Kier molecular flexibility index (Phi) is 6.12. The van der Waals surface area contributed by atoms with Crippen LogP contribution in [0, 0.1) is 17.8 Å². The molecular weight excluding hydrogens is 242 g/mol. The van der Waals surface area contributed by atoms with Crippen LogP contribution in [0.15, 0.2) is 0 Å². The smallest absolute Gasteiger partial charge is 0.108 e. The van der Waals surface area contributed by atoms with E-state index in [1.807, 2.05) is 0 Å². The molecule has 1 saturated heterocycles. The zero-order valence-electron chi connectivity index (χ0n) is 12.1. The first-order valence-electron chi connectivity index (χ1n) is 7.18. The highest BCUT2D eigenvalue weighted by molar-refractivity contribution is 4.99. The SMILES string of the molecule is COC1CC(OCC#CCOCCN2CC(C)C2)C1. The van der Waals surface area contributed by atoms with Gasteiger partial charge in [-0.1, -0.05) is 18.8 Å². The molecule has 4 nitrogen and oxygen atoms in total. The lowest BCUT2D eigenvalue weighted by Crippen LogP contribution is -2.46. The van der Waals surface area contributed by atoms with Gasteiger partial charge in [-0.05, 0) is 18.8 Å². The Bertz CT molecular complexity index is 311. The Morgan fingerprint density at radius 2 is 1.84 bits per heavy atom. The molecule has 0 spiro atoms. The summed E-state index contributed by atoms with van der Waals surface area (Å²) in [6.07, 6.45) is 2.74. The molecule has 1 aliphatic heterocycles. The van der Waals surface area contributed by atoms with E-state index in [0.717, 1.165) is 31.9 Å². The fourth-order valence-electron chi connectivity index (χ4n) is 2.44. The van der Waals surface area contributed by atoms with Gasteiger partial charge in [0, 0.05) is 26.7 Å². The quantitative estimate of drug-likeness (QED) is 0.511. The van der Waals surface area contributed by atoms with Gasteiger partial charge in [-0.2, -0.15) is 0 Å². The molecule has 0 amide bonds. The van der Waals surface area contributed by atoms with Crippen molar-refractivity contribution in [1.82, 2.24) is 4.90 Å². The molecule has 2 aliphatic rings. The maximum Gasteiger partial charge on any atom is 0.108 e. The van der Waals surface area contributed by atoms with Crippen LogP contribution >= 0.6 is 0 Å². The molecule has 1 heterocycles. The van der Waals surface area contributed by atoms with E-state index >= 15 is 0 Å². The van der Waals surface area contributed by atoms with Crippen LogP contribution < -0.4 is 0 Å². The zero-order chi connectivity index (χ0) is 13.5. The molecule has 2 fully saturated rings. The third-order valence-electron chi connectivity index (χ3n) is 3.77. The number of hydrogen-bond donors (Lipinski definition) is 0. The highest BCUT2D eigenvalue weighted by Gasteiger charge is 2.29. The van der Waals surface area contributed by atoms with E-state index in [1.54, 1.807) is 7.11 Å². The molecule has 108 valence electrons. The molecular formula is C15H25NO3. The third kappa shape index (κ3) is 5.12. The summed E-state index contributed by atoms with van der Waals surface area (Å²) < 4.78 is 16.2. The Balaban J connectivity index is 1.36. The second kappa shape index (κ2) is 7.86. The topological polar surface area (TPSA) is 30.9 Å². The number of ether oxygens (including phenoxy) is 3. The second-order valence-electron chi connectivity index (χ2n) is 5.53. The summed E-state index contributed by atoms with van der Waals surface area (Å²) in [7, 11) is 1.75. The van der Waals surface area contributed by atoms with Gasteiger partial charge in [0.2, 0.25) is 0 Å². The van der Waals surface area contributed by atoms with Crippen LogP contribution in [0.1, 0.15) is 19.8 Å². The first kappa shape index (κ1) is 14.8. The summed E-state index contributed by atoms with van der Waals surface area (Å²) in [5.74, 6) is 6.84. The molecule has 4 heteroatoms. The van der Waals surface area contributed by atoms with Crippen LogP contribution in [0.3, 0.4) is 0 Å². The molecule has 0 aromatic heterocycles. The summed E-state index contributed by atoms with van der Waals surface area (Å²) in [6, 6.07) is 0. The Morgan fingerprint density at radius 3 is 2.53 bits per heavy atom. The average molecular weight is 267 g/mol. The molecule has 0 N–H and O–H groups in total. The van der Waals surface area contributed by atoms with Crippen LogP contribution in [0.5, 0.6) is 0 Å². The van der Waals surface area contributed by atoms with Gasteiger partial charge in [-0.25, -0.2) is 0 Å². The van der Waals surface area contributed by atoms with Crippen molar-refractivity contribution in [1.29, 1.82) is 0 Å².